The highest BCUT2D eigenvalue weighted by Gasteiger charge is 2.53. The maximum Gasteiger partial charge on any atom is 0.249 e. The molecule has 0 bridgehead atoms. The average molecular weight is 312 g/mol. The van der Waals surface area contributed by atoms with Crippen LogP contribution in [0.2, 0.25) is 0 Å². The number of carbonyl (C=O) groups is 2. The van der Waals surface area contributed by atoms with Gasteiger partial charge in [-0.15, -0.1) is 0 Å². The van der Waals surface area contributed by atoms with Gasteiger partial charge in [0.05, 0.1) is 0 Å². The second-order valence-corrected chi connectivity index (χ2v) is 8.01. The van der Waals surface area contributed by atoms with Crippen molar-refractivity contribution in [3.05, 3.63) is 0 Å². The smallest absolute Gasteiger partial charge is 0.249 e. The standard InChI is InChI=1S/C16H28N2O2S/c1-5-21-10-12(4)18-13(11(2)3)14(19)17-16(15(18)20)8-6-7-9-16/h11-13H,5-10H2,1-4H3,(H,17,19). The molecule has 1 saturated heterocycles. The lowest BCUT2D eigenvalue weighted by Gasteiger charge is -2.48. The molecule has 0 radical (unpaired) electrons. The lowest BCUT2D eigenvalue weighted by molar-refractivity contribution is -0.158. The fourth-order valence-electron chi connectivity index (χ4n) is 3.65. The summed E-state index contributed by atoms with van der Waals surface area (Å²) in [5, 5.41) is 3.08. The molecule has 0 aromatic carbocycles. The fourth-order valence-corrected chi connectivity index (χ4v) is 4.38. The highest BCUT2D eigenvalue weighted by atomic mass is 32.2. The van der Waals surface area contributed by atoms with Crippen LogP contribution in [-0.2, 0) is 9.59 Å². The monoisotopic (exact) mass is 312 g/mol. The quantitative estimate of drug-likeness (QED) is 0.848. The summed E-state index contributed by atoms with van der Waals surface area (Å²) < 4.78 is 0. The Morgan fingerprint density at radius 1 is 1.29 bits per heavy atom. The Hall–Kier alpha value is -0.710. The van der Waals surface area contributed by atoms with Crippen molar-refractivity contribution in [1.29, 1.82) is 0 Å². The highest BCUT2D eigenvalue weighted by molar-refractivity contribution is 7.99. The Labute approximate surface area is 132 Å². The van der Waals surface area contributed by atoms with Crippen LogP contribution in [0, 0.1) is 5.92 Å². The lowest BCUT2D eigenvalue weighted by Crippen LogP contribution is -2.72. The van der Waals surface area contributed by atoms with Crippen molar-refractivity contribution in [3.8, 4) is 0 Å². The number of amides is 2. The summed E-state index contributed by atoms with van der Waals surface area (Å²) in [6, 6.07) is -0.213. The van der Waals surface area contributed by atoms with Crippen LogP contribution in [0.3, 0.4) is 0 Å². The first-order valence-corrected chi connectivity index (χ1v) is 9.31. The molecule has 0 aromatic rings. The van der Waals surface area contributed by atoms with E-state index >= 15 is 0 Å². The zero-order valence-electron chi connectivity index (χ0n) is 13.6. The van der Waals surface area contributed by atoms with Gasteiger partial charge in [-0.2, -0.15) is 11.8 Å². The van der Waals surface area contributed by atoms with Crippen molar-refractivity contribution < 1.29 is 9.59 Å². The molecule has 2 aliphatic rings. The molecule has 21 heavy (non-hydrogen) atoms. The molecule has 1 aliphatic heterocycles. The summed E-state index contributed by atoms with van der Waals surface area (Å²) in [4.78, 5) is 27.6. The molecule has 1 aliphatic carbocycles. The molecule has 120 valence electrons. The number of hydrogen-bond donors (Lipinski definition) is 1. The molecule has 2 atom stereocenters. The SMILES string of the molecule is CCSCC(C)N1C(=O)C2(CCCC2)NC(=O)C1C(C)C. The summed E-state index contributed by atoms with van der Waals surface area (Å²) >= 11 is 1.83. The second-order valence-electron chi connectivity index (χ2n) is 6.69. The fraction of sp³-hybridized carbons (Fsp3) is 0.875. The van der Waals surface area contributed by atoms with Crippen LogP contribution in [-0.4, -0.2) is 45.8 Å². The summed E-state index contributed by atoms with van der Waals surface area (Å²) in [6.07, 6.45) is 3.66. The van der Waals surface area contributed by atoms with Gasteiger partial charge in [-0.25, -0.2) is 0 Å². The van der Waals surface area contributed by atoms with Crippen LogP contribution in [0.4, 0.5) is 0 Å². The van der Waals surface area contributed by atoms with Crippen LogP contribution >= 0.6 is 11.8 Å². The summed E-state index contributed by atoms with van der Waals surface area (Å²) in [7, 11) is 0. The van der Waals surface area contributed by atoms with E-state index in [4.69, 9.17) is 0 Å². The zero-order chi connectivity index (χ0) is 15.6. The van der Waals surface area contributed by atoms with Gasteiger partial charge in [0, 0.05) is 11.8 Å². The third kappa shape index (κ3) is 3.08. The van der Waals surface area contributed by atoms with Crippen LogP contribution in [0.25, 0.3) is 0 Å². The predicted molar refractivity (Wildman–Crippen MR) is 87.3 cm³/mol. The Morgan fingerprint density at radius 2 is 1.90 bits per heavy atom. The number of hydrogen-bond acceptors (Lipinski definition) is 3. The lowest BCUT2D eigenvalue weighted by atomic mass is 9.86. The van der Waals surface area contributed by atoms with Crippen LogP contribution in [0.15, 0.2) is 0 Å². The zero-order valence-corrected chi connectivity index (χ0v) is 14.5. The largest absolute Gasteiger partial charge is 0.340 e. The summed E-state index contributed by atoms with van der Waals surface area (Å²) in [6.45, 7) is 8.26. The van der Waals surface area contributed by atoms with Gasteiger partial charge < -0.3 is 10.2 Å². The normalized spacial score (nSPS) is 26.5. The number of thioether (sulfide) groups is 1. The molecular formula is C16H28N2O2S. The van der Waals surface area contributed by atoms with Crippen molar-refractivity contribution in [2.45, 2.75) is 71.0 Å². The van der Waals surface area contributed by atoms with E-state index in [-0.39, 0.29) is 29.8 Å². The number of rotatable bonds is 5. The predicted octanol–water partition coefficient (Wildman–Crippen LogP) is 2.42. The molecule has 1 N–H and O–H groups in total. The molecule has 0 aromatic heterocycles. The Kier molecular flexibility index (Phi) is 5.23. The molecule has 2 unspecified atom stereocenters. The van der Waals surface area contributed by atoms with Gasteiger partial charge in [0.2, 0.25) is 11.8 Å². The van der Waals surface area contributed by atoms with Crippen molar-refractivity contribution in [1.82, 2.24) is 10.2 Å². The van der Waals surface area contributed by atoms with E-state index in [1.165, 1.54) is 0 Å². The van der Waals surface area contributed by atoms with Crippen molar-refractivity contribution in [2.24, 2.45) is 5.92 Å². The maximum atomic E-state index is 13.1. The highest BCUT2D eigenvalue weighted by Crippen LogP contribution is 2.37. The van der Waals surface area contributed by atoms with E-state index in [1.807, 2.05) is 30.5 Å². The minimum Gasteiger partial charge on any atom is -0.340 e. The van der Waals surface area contributed by atoms with Crippen LogP contribution in [0.1, 0.15) is 53.4 Å². The van der Waals surface area contributed by atoms with E-state index < -0.39 is 5.54 Å². The van der Waals surface area contributed by atoms with Gasteiger partial charge in [-0.1, -0.05) is 33.6 Å². The molecule has 1 heterocycles. The van der Waals surface area contributed by atoms with Crippen LogP contribution < -0.4 is 5.32 Å². The van der Waals surface area contributed by atoms with Gasteiger partial charge in [0.25, 0.3) is 0 Å². The summed E-state index contributed by atoms with van der Waals surface area (Å²) in [5.74, 6) is 2.27. The molecule has 2 rings (SSSR count). The van der Waals surface area contributed by atoms with Gasteiger partial charge in [0.1, 0.15) is 11.6 Å². The molecule has 2 amide bonds. The Morgan fingerprint density at radius 3 is 2.43 bits per heavy atom. The van der Waals surface area contributed by atoms with E-state index in [1.54, 1.807) is 0 Å². The first-order chi connectivity index (χ1) is 9.93. The van der Waals surface area contributed by atoms with Gasteiger partial charge in [0.15, 0.2) is 0 Å². The first kappa shape index (κ1) is 16.7. The molecule has 2 fully saturated rings. The van der Waals surface area contributed by atoms with E-state index in [2.05, 4.69) is 19.2 Å². The topological polar surface area (TPSA) is 49.4 Å². The first-order valence-electron chi connectivity index (χ1n) is 8.15. The molecule has 1 saturated carbocycles. The van der Waals surface area contributed by atoms with E-state index in [9.17, 15) is 9.59 Å². The van der Waals surface area contributed by atoms with Gasteiger partial charge in [-0.05, 0) is 31.4 Å². The molecule has 1 spiro atoms. The number of carbonyl (C=O) groups excluding carboxylic acids is 2. The maximum absolute atomic E-state index is 13.1. The number of piperazine rings is 1. The number of nitrogens with zero attached hydrogens (tertiary/aromatic N) is 1. The molecular weight excluding hydrogens is 284 g/mol. The van der Waals surface area contributed by atoms with E-state index in [0.29, 0.717) is 0 Å². The molecule has 4 nitrogen and oxygen atoms in total. The van der Waals surface area contributed by atoms with Crippen molar-refractivity contribution in [3.63, 3.8) is 0 Å². The average Bonchev–Trinajstić information content (AvgIpc) is 2.88. The van der Waals surface area contributed by atoms with E-state index in [0.717, 1.165) is 37.2 Å². The Balaban J connectivity index is 2.28. The third-order valence-electron chi connectivity index (χ3n) is 4.70. The second kappa shape index (κ2) is 6.59. The third-order valence-corrected chi connectivity index (χ3v) is 5.83. The van der Waals surface area contributed by atoms with Crippen LogP contribution in [0.5, 0.6) is 0 Å². The summed E-state index contributed by atoms with van der Waals surface area (Å²) in [5.41, 5.74) is -0.604. The Bertz CT molecular complexity index is 405. The minimum absolute atomic E-state index is 0.0415. The minimum atomic E-state index is -0.604. The van der Waals surface area contributed by atoms with Gasteiger partial charge in [-0.3, -0.25) is 9.59 Å². The van der Waals surface area contributed by atoms with Gasteiger partial charge >= 0.3 is 0 Å². The van der Waals surface area contributed by atoms with Crippen molar-refractivity contribution >= 4 is 23.6 Å². The number of nitrogens with one attached hydrogen (secondary N) is 1. The molecule has 5 heteroatoms. The van der Waals surface area contributed by atoms with Crippen molar-refractivity contribution in [2.75, 3.05) is 11.5 Å².